The standard InChI is InChI=1S/C24H17Cl2NO6/c1-33-23-15(10-13(25)11-16(23)26)21(30)19-20(12-6-8-14(28)9-7-12)27(24(32)22(19)31)17-4-2-3-5-18(17)29/h2-11,20,28-30H,1H3/b21-19+. The second-order valence-corrected chi connectivity index (χ2v) is 8.06. The second kappa shape index (κ2) is 8.69. The number of halogens is 2. The molecule has 3 aromatic rings. The smallest absolute Gasteiger partial charge is 0.300 e. The molecule has 3 aromatic carbocycles. The van der Waals surface area contributed by atoms with Crippen LogP contribution in [0.1, 0.15) is 17.2 Å². The Balaban J connectivity index is 2.03. The molecule has 168 valence electrons. The Morgan fingerprint density at radius 3 is 2.30 bits per heavy atom. The molecule has 33 heavy (non-hydrogen) atoms. The predicted octanol–water partition coefficient (Wildman–Crippen LogP) is 5.04. The molecule has 0 saturated carbocycles. The van der Waals surface area contributed by atoms with E-state index in [0.717, 1.165) is 4.90 Å². The van der Waals surface area contributed by atoms with E-state index in [0.29, 0.717) is 5.56 Å². The topological polar surface area (TPSA) is 107 Å². The number of aliphatic hydroxyl groups excluding tert-OH is 1. The summed E-state index contributed by atoms with van der Waals surface area (Å²) in [5.41, 5.74) is 0.247. The summed E-state index contributed by atoms with van der Waals surface area (Å²) in [5.74, 6) is -2.68. The average Bonchev–Trinajstić information content (AvgIpc) is 3.04. The van der Waals surface area contributed by atoms with Gasteiger partial charge in [0.1, 0.15) is 23.0 Å². The first-order chi connectivity index (χ1) is 15.7. The number of aliphatic hydroxyl groups is 1. The first-order valence-electron chi connectivity index (χ1n) is 9.66. The van der Waals surface area contributed by atoms with Crippen molar-refractivity contribution in [3.8, 4) is 17.2 Å². The first kappa shape index (κ1) is 22.5. The molecule has 7 nitrogen and oxygen atoms in total. The molecule has 1 saturated heterocycles. The molecule has 1 fully saturated rings. The zero-order chi connectivity index (χ0) is 23.9. The Morgan fingerprint density at radius 1 is 1.00 bits per heavy atom. The maximum atomic E-state index is 13.2. The van der Waals surface area contributed by atoms with E-state index in [1.54, 1.807) is 12.1 Å². The molecule has 4 rings (SSSR count). The molecule has 1 heterocycles. The van der Waals surface area contributed by atoms with Crippen molar-refractivity contribution in [2.45, 2.75) is 6.04 Å². The van der Waals surface area contributed by atoms with Gasteiger partial charge < -0.3 is 20.1 Å². The fourth-order valence-corrected chi connectivity index (χ4v) is 4.38. The molecule has 1 aliphatic rings. The number of carbonyl (C=O) groups is 2. The van der Waals surface area contributed by atoms with Gasteiger partial charge in [-0.25, -0.2) is 0 Å². The molecule has 1 aliphatic heterocycles. The summed E-state index contributed by atoms with van der Waals surface area (Å²) in [4.78, 5) is 27.4. The quantitative estimate of drug-likeness (QED) is 0.271. The lowest BCUT2D eigenvalue weighted by molar-refractivity contribution is -0.132. The molecule has 1 atom stereocenters. The monoisotopic (exact) mass is 485 g/mol. The maximum Gasteiger partial charge on any atom is 0.300 e. The minimum absolute atomic E-state index is 0.0223. The molecule has 3 N–H and O–H groups in total. The molecule has 9 heteroatoms. The summed E-state index contributed by atoms with van der Waals surface area (Å²) < 4.78 is 5.29. The third kappa shape index (κ3) is 3.86. The number of hydrogen-bond donors (Lipinski definition) is 3. The Labute approximate surface area is 198 Å². The van der Waals surface area contributed by atoms with E-state index in [9.17, 15) is 24.9 Å². The lowest BCUT2D eigenvalue weighted by atomic mass is 9.94. The Bertz CT molecular complexity index is 1300. The summed E-state index contributed by atoms with van der Waals surface area (Å²) >= 11 is 12.3. The summed E-state index contributed by atoms with van der Waals surface area (Å²) in [5, 5.41) is 31.7. The minimum Gasteiger partial charge on any atom is -0.508 e. The van der Waals surface area contributed by atoms with E-state index >= 15 is 0 Å². The SMILES string of the molecule is COc1c(Cl)cc(Cl)cc1/C(O)=C1\C(=O)C(=O)N(c2ccccc2O)C1c1ccc(O)cc1. The Hall–Kier alpha value is -3.68. The van der Waals surface area contributed by atoms with Crippen LogP contribution in [-0.2, 0) is 9.59 Å². The van der Waals surface area contributed by atoms with Crippen molar-refractivity contribution in [2.75, 3.05) is 12.0 Å². The molecule has 0 aromatic heterocycles. The third-order valence-corrected chi connectivity index (χ3v) is 5.76. The number of hydrogen-bond acceptors (Lipinski definition) is 6. The van der Waals surface area contributed by atoms with Crippen molar-refractivity contribution in [3.63, 3.8) is 0 Å². The number of rotatable bonds is 4. The van der Waals surface area contributed by atoms with Crippen LogP contribution in [0, 0.1) is 0 Å². The number of nitrogens with zero attached hydrogens (tertiary/aromatic N) is 1. The van der Waals surface area contributed by atoms with E-state index in [1.807, 2.05) is 0 Å². The van der Waals surface area contributed by atoms with Crippen molar-refractivity contribution < 1.29 is 29.6 Å². The van der Waals surface area contributed by atoms with Crippen LogP contribution in [0.5, 0.6) is 17.2 Å². The van der Waals surface area contributed by atoms with Crippen LogP contribution in [-0.4, -0.2) is 34.1 Å². The van der Waals surface area contributed by atoms with E-state index < -0.39 is 23.5 Å². The third-order valence-electron chi connectivity index (χ3n) is 5.26. The summed E-state index contributed by atoms with van der Waals surface area (Å²) in [6.45, 7) is 0. The van der Waals surface area contributed by atoms with Gasteiger partial charge in [0.2, 0.25) is 0 Å². The Kier molecular flexibility index (Phi) is 5.93. The lowest BCUT2D eigenvalue weighted by Gasteiger charge is -2.26. The molecular weight excluding hydrogens is 469 g/mol. The van der Waals surface area contributed by atoms with Crippen LogP contribution in [0.25, 0.3) is 5.76 Å². The van der Waals surface area contributed by atoms with Crippen molar-refractivity contribution in [1.29, 1.82) is 0 Å². The molecule has 0 aliphatic carbocycles. The molecule has 0 spiro atoms. The zero-order valence-corrected chi connectivity index (χ0v) is 18.6. The van der Waals surface area contributed by atoms with Gasteiger partial charge in [0.15, 0.2) is 0 Å². The number of para-hydroxylation sites is 2. The highest BCUT2D eigenvalue weighted by molar-refractivity contribution is 6.52. The molecule has 1 amide bonds. The highest BCUT2D eigenvalue weighted by atomic mass is 35.5. The zero-order valence-electron chi connectivity index (χ0n) is 17.1. The van der Waals surface area contributed by atoms with Crippen LogP contribution >= 0.6 is 23.2 Å². The number of aromatic hydroxyl groups is 2. The lowest BCUT2D eigenvalue weighted by Crippen LogP contribution is -2.29. The van der Waals surface area contributed by atoms with E-state index in [1.165, 1.54) is 55.6 Å². The van der Waals surface area contributed by atoms with Crippen LogP contribution in [0.3, 0.4) is 0 Å². The van der Waals surface area contributed by atoms with E-state index in [4.69, 9.17) is 27.9 Å². The second-order valence-electron chi connectivity index (χ2n) is 7.22. The number of ketones is 1. The van der Waals surface area contributed by atoms with Crippen molar-refractivity contribution in [2.24, 2.45) is 0 Å². The van der Waals surface area contributed by atoms with E-state index in [-0.39, 0.29) is 44.1 Å². The molecule has 1 unspecified atom stereocenters. The number of amides is 1. The van der Waals surface area contributed by atoms with Gasteiger partial charge in [-0.2, -0.15) is 0 Å². The predicted molar refractivity (Wildman–Crippen MR) is 124 cm³/mol. The van der Waals surface area contributed by atoms with Crippen LogP contribution in [0.2, 0.25) is 10.0 Å². The maximum absolute atomic E-state index is 13.2. The number of anilines is 1. The largest absolute Gasteiger partial charge is 0.508 e. The van der Waals surface area contributed by atoms with Gasteiger partial charge in [0.05, 0.1) is 35.0 Å². The van der Waals surface area contributed by atoms with Gasteiger partial charge in [-0.3, -0.25) is 14.5 Å². The number of carbonyl (C=O) groups excluding carboxylic acids is 2. The number of benzene rings is 3. The van der Waals surface area contributed by atoms with Gasteiger partial charge in [-0.15, -0.1) is 0 Å². The van der Waals surface area contributed by atoms with Gasteiger partial charge in [0.25, 0.3) is 11.7 Å². The van der Waals surface area contributed by atoms with Gasteiger partial charge in [-0.05, 0) is 42.0 Å². The van der Waals surface area contributed by atoms with Gasteiger partial charge in [0, 0.05) is 5.02 Å². The number of phenolic OH excluding ortho intramolecular Hbond substituents is 2. The van der Waals surface area contributed by atoms with Gasteiger partial charge >= 0.3 is 0 Å². The normalized spacial score (nSPS) is 17.4. The van der Waals surface area contributed by atoms with Crippen LogP contribution in [0.4, 0.5) is 5.69 Å². The number of ether oxygens (including phenoxy) is 1. The summed E-state index contributed by atoms with van der Waals surface area (Å²) in [6.07, 6.45) is 0. The van der Waals surface area contributed by atoms with Crippen LogP contribution < -0.4 is 9.64 Å². The van der Waals surface area contributed by atoms with Crippen molar-refractivity contribution >= 4 is 46.3 Å². The average molecular weight is 486 g/mol. The molecule has 0 radical (unpaired) electrons. The highest BCUT2D eigenvalue weighted by Crippen LogP contribution is 2.46. The number of methoxy groups -OCH3 is 1. The van der Waals surface area contributed by atoms with Crippen molar-refractivity contribution in [1.82, 2.24) is 0 Å². The summed E-state index contributed by atoms with van der Waals surface area (Å²) in [7, 11) is 1.34. The minimum atomic E-state index is -1.12. The van der Waals surface area contributed by atoms with E-state index in [2.05, 4.69) is 0 Å². The molecular formula is C24H17Cl2NO6. The fraction of sp³-hybridized carbons (Fsp3) is 0.0833. The van der Waals surface area contributed by atoms with Gasteiger partial charge in [-0.1, -0.05) is 47.5 Å². The van der Waals surface area contributed by atoms with Crippen LogP contribution in [0.15, 0.2) is 66.2 Å². The summed E-state index contributed by atoms with van der Waals surface area (Å²) in [6, 6.07) is 13.5. The number of phenols is 2. The number of Topliss-reactive ketones (excluding diaryl/α,β-unsaturated/α-hetero) is 1. The first-order valence-corrected chi connectivity index (χ1v) is 10.4. The Morgan fingerprint density at radius 2 is 1.67 bits per heavy atom. The highest BCUT2D eigenvalue weighted by Gasteiger charge is 2.48. The van der Waals surface area contributed by atoms with Crippen molar-refractivity contribution in [3.05, 3.63) is 87.4 Å². The fourth-order valence-electron chi connectivity index (χ4n) is 3.81. The molecule has 0 bridgehead atoms.